The number of fused-ring (bicyclic) bond motifs is 1. The van der Waals surface area contributed by atoms with Gasteiger partial charge in [0.25, 0.3) is 0 Å². The number of nitrogens with one attached hydrogen (secondary N) is 1. The van der Waals surface area contributed by atoms with Crippen LogP contribution in [0, 0.1) is 5.92 Å². The SMILES string of the molecule is C[C@@H]1CN(Cc2nc(-c3cn(CC4CCOCC4)c4c(Cl)cccc34)no2)[C@@H](C)CN1.O=C(O)C(F)(F)F. The number of aliphatic carboxylic acids is 1. The summed E-state index contributed by atoms with van der Waals surface area (Å²) in [7, 11) is 0. The van der Waals surface area contributed by atoms with Crippen molar-refractivity contribution in [1.82, 2.24) is 24.9 Å². The normalized spacial score (nSPS) is 21.3. The lowest BCUT2D eigenvalue weighted by Gasteiger charge is -2.36. The highest BCUT2D eigenvalue weighted by Gasteiger charge is 2.38. The van der Waals surface area contributed by atoms with Crippen LogP contribution in [0.1, 0.15) is 32.6 Å². The van der Waals surface area contributed by atoms with E-state index >= 15 is 0 Å². The molecule has 0 spiro atoms. The maximum absolute atomic E-state index is 10.6. The van der Waals surface area contributed by atoms with Crippen molar-refractivity contribution in [1.29, 1.82) is 0 Å². The quantitative estimate of drug-likeness (QED) is 0.469. The number of carboxylic acid groups (broad SMARTS) is 1. The molecule has 0 aliphatic carbocycles. The van der Waals surface area contributed by atoms with Gasteiger partial charge >= 0.3 is 12.1 Å². The van der Waals surface area contributed by atoms with Gasteiger partial charge in [-0.15, -0.1) is 0 Å². The summed E-state index contributed by atoms with van der Waals surface area (Å²) in [5.74, 6) is -0.884. The first kappa shape index (κ1) is 28.3. The molecule has 2 saturated heterocycles. The number of halogens is 4. The third kappa shape index (κ3) is 6.85. The molecule has 0 saturated carbocycles. The molecule has 0 unspecified atom stereocenters. The fourth-order valence-corrected chi connectivity index (χ4v) is 5.05. The summed E-state index contributed by atoms with van der Waals surface area (Å²) in [5.41, 5.74) is 2.02. The van der Waals surface area contributed by atoms with Crippen molar-refractivity contribution in [2.45, 2.75) is 58.0 Å². The third-order valence-electron chi connectivity index (χ3n) is 6.83. The van der Waals surface area contributed by atoms with E-state index in [0.717, 1.165) is 67.2 Å². The van der Waals surface area contributed by atoms with Gasteiger partial charge < -0.3 is 24.3 Å². The summed E-state index contributed by atoms with van der Waals surface area (Å²) >= 11 is 6.62. The lowest BCUT2D eigenvalue weighted by Crippen LogP contribution is -2.53. The molecular weight excluding hydrogens is 527 g/mol. The molecule has 3 aromatic rings. The first-order valence-electron chi connectivity index (χ1n) is 12.5. The molecule has 4 heterocycles. The van der Waals surface area contributed by atoms with Crippen molar-refractivity contribution in [3.8, 4) is 11.4 Å². The number of benzene rings is 1. The van der Waals surface area contributed by atoms with Crippen LogP contribution in [0.15, 0.2) is 28.9 Å². The van der Waals surface area contributed by atoms with E-state index in [1.54, 1.807) is 0 Å². The Bertz CT molecular complexity index is 1240. The summed E-state index contributed by atoms with van der Waals surface area (Å²) in [6, 6.07) is 6.92. The molecule has 38 heavy (non-hydrogen) atoms. The van der Waals surface area contributed by atoms with Gasteiger partial charge in [0, 0.05) is 62.1 Å². The molecule has 5 rings (SSSR count). The number of alkyl halides is 3. The zero-order valence-electron chi connectivity index (χ0n) is 21.2. The van der Waals surface area contributed by atoms with Gasteiger partial charge in [0.1, 0.15) is 0 Å². The van der Waals surface area contributed by atoms with E-state index in [4.69, 9.17) is 35.7 Å². The van der Waals surface area contributed by atoms with E-state index in [1.165, 1.54) is 0 Å². The number of para-hydroxylation sites is 1. The maximum Gasteiger partial charge on any atom is 0.490 e. The molecule has 2 atom stereocenters. The monoisotopic (exact) mass is 557 g/mol. The molecule has 13 heteroatoms. The van der Waals surface area contributed by atoms with Gasteiger partial charge in [-0.05, 0) is 38.7 Å². The first-order valence-corrected chi connectivity index (χ1v) is 12.9. The van der Waals surface area contributed by atoms with Crippen molar-refractivity contribution in [2.75, 3.05) is 26.3 Å². The number of carboxylic acids is 1. The van der Waals surface area contributed by atoms with Crippen LogP contribution < -0.4 is 5.32 Å². The standard InChI is InChI=1S/C23H30ClN5O2.C2HF3O2/c1-15-11-28(16(2)10-25-15)14-21-26-23(27-31-21)19-13-29(12-17-6-8-30-9-7-17)22-18(19)4-3-5-20(22)24;3-2(4,5)1(6)7/h3-5,13,15-17,25H,6-12,14H2,1-2H3;(H,6,7)/t15-,16+;/m1./s1. The Morgan fingerprint density at radius 3 is 2.66 bits per heavy atom. The summed E-state index contributed by atoms with van der Waals surface area (Å²) in [6.45, 7) is 9.63. The van der Waals surface area contributed by atoms with Gasteiger partial charge in [-0.3, -0.25) is 4.90 Å². The second kappa shape index (κ2) is 12.0. The lowest BCUT2D eigenvalue weighted by atomic mass is 10.0. The summed E-state index contributed by atoms with van der Waals surface area (Å²) in [5, 5.41) is 16.8. The Kier molecular flexibility index (Phi) is 8.96. The Balaban J connectivity index is 0.000000426. The third-order valence-corrected chi connectivity index (χ3v) is 7.13. The Hall–Kier alpha value is -2.67. The average Bonchev–Trinajstić information content (AvgIpc) is 3.47. The predicted molar refractivity (Wildman–Crippen MR) is 135 cm³/mol. The van der Waals surface area contributed by atoms with Gasteiger partial charge in [-0.25, -0.2) is 4.79 Å². The van der Waals surface area contributed by atoms with Gasteiger partial charge in [-0.1, -0.05) is 28.9 Å². The molecule has 0 radical (unpaired) electrons. The second-order valence-corrected chi connectivity index (χ2v) is 10.2. The minimum atomic E-state index is -5.08. The second-order valence-electron chi connectivity index (χ2n) is 9.79. The number of ether oxygens (including phenoxy) is 1. The van der Waals surface area contributed by atoms with Crippen LogP contribution >= 0.6 is 11.6 Å². The molecule has 0 amide bonds. The van der Waals surface area contributed by atoms with Crippen LogP contribution in [0.3, 0.4) is 0 Å². The van der Waals surface area contributed by atoms with Crippen molar-refractivity contribution in [3.63, 3.8) is 0 Å². The van der Waals surface area contributed by atoms with Gasteiger partial charge in [0.05, 0.1) is 17.1 Å². The fraction of sp³-hybridized carbons (Fsp3) is 0.560. The molecule has 9 nitrogen and oxygen atoms in total. The predicted octanol–water partition coefficient (Wildman–Crippen LogP) is 4.59. The van der Waals surface area contributed by atoms with Crippen LogP contribution in [0.2, 0.25) is 5.02 Å². The maximum atomic E-state index is 10.6. The zero-order chi connectivity index (χ0) is 27.4. The molecule has 2 aliphatic rings. The smallest absolute Gasteiger partial charge is 0.475 e. The molecule has 2 fully saturated rings. The number of piperazine rings is 1. The Labute approximate surface area is 222 Å². The Morgan fingerprint density at radius 1 is 1.26 bits per heavy atom. The number of nitrogens with zero attached hydrogens (tertiary/aromatic N) is 4. The number of rotatable bonds is 5. The van der Waals surface area contributed by atoms with Crippen LogP contribution in [0.5, 0.6) is 0 Å². The molecule has 2 N–H and O–H groups in total. The molecule has 208 valence electrons. The number of hydrogen-bond donors (Lipinski definition) is 2. The first-order chi connectivity index (χ1) is 18.0. The molecule has 2 aromatic heterocycles. The largest absolute Gasteiger partial charge is 0.490 e. The number of carbonyl (C=O) groups is 1. The van der Waals surface area contributed by atoms with E-state index in [1.807, 2.05) is 12.1 Å². The van der Waals surface area contributed by atoms with E-state index in [9.17, 15) is 13.2 Å². The highest BCUT2D eigenvalue weighted by atomic mass is 35.5. The van der Waals surface area contributed by atoms with Gasteiger partial charge in [0.15, 0.2) is 0 Å². The summed E-state index contributed by atoms with van der Waals surface area (Å²) in [6.07, 6.45) is -0.795. The minimum Gasteiger partial charge on any atom is -0.475 e. The van der Waals surface area contributed by atoms with Crippen molar-refractivity contribution in [3.05, 3.63) is 35.3 Å². The molecule has 0 bridgehead atoms. The van der Waals surface area contributed by atoms with Gasteiger partial charge in [0.2, 0.25) is 11.7 Å². The minimum absolute atomic E-state index is 0.437. The van der Waals surface area contributed by atoms with Crippen molar-refractivity contribution < 1.29 is 32.3 Å². The molecule has 2 aliphatic heterocycles. The number of hydrogen-bond acceptors (Lipinski definition) is 7. The number of aromatic nitrogens is 3. The van der Waals surface area contributed by atoms with Gasteiger partial charge in [-0.2, -0.15) is 18.2 Å². The van der Waals surface area contributed by atoms with Crippen LogP contribution in [-0.2, 0) is 22.6 Å². The summed E-state index contributed by atoms with van der Waals surface area (Å²) < 4.78 is 45.2. The van der Waals surface area contributed by atoms with Crippen molar-refractivity contribution >= 4 is 28.5 Å². The van der Waals surface area contributed by atoms with Crippen LogP contribution in [-0.4, -0.2) is 75.2 Å². The van der Waals surface area contributed by atoms with Crippen LogP contribution in [0.4, 0.5) is 13.2 Å². The zero-order valence-corrected chi connectivity index (χ0v) is 21.9. The Morgan fingerprint density at radius 2 is 1.97 bits per heavy atom. The average molecular weight is 558 g/mol. The van der Waals surface area contributed by atoms with E-state index in [2.05, 4.69) is 46.1 Å². The van der Waals surface area contributed by atoms with Crippen LogP contribution in [0.25, 0.3) is 22.3 Å². The summed E-state index contributed by atoms with van der Waals surface area (Å²) in [4.78, 5) is 16.0. The topological polar surface area (TPSA) is 106 Å². The molecule has 1 aromatic carbocycles. The van der Waals surface area contributed by atoms with E-state index < -0.39 is 12.1 Å². The van der Waals surface area contributed by atoms with Crippen molar-refractivity contribution in [2.24, 2.45) is 5.92 Å². The highest BCUT2D eigenvalue weighted by molar-refractivity contribution is 6.35. The van der Waals surface area contributed by atoms with E-state index in [0.29, 0.717) is 36.3 Å². The lowest BCUT2D eigenvalue weighted by molar-refractivity contribution is -0.192. The molecular formula is C25H31ClF3N5O4. The fourth-order valence-electron chi connectivity index (χ4n) is 4.76. The highest BCUT2D eigenvalue weighted by Crippen LogP contribution is 2.34. The van der Waals surface area contributed by atoms with E-state index in [-0.39, 0.29) is 0 Å².